The Bertz CT molecular complexity index is 374. The number of ether oxygens (including phenoxy) is 1. The van der Waals surface area contributed by atoms with Crippen LogP contribution in [0.25, 0.3) is 0 Å². The fourth-order valence-electron chi connectivity index (χ4n) is 1.18. The van der Waals surface area contributed by atoms with Crippen molar-refractivity contribution >= 4 is 5.97 Å². The molecule has 0 saturated carbocycles. The summed E-state index contributed by atoms with van der Waals surface area (Å²) in [5.41, 5.74) is 0.0666. The summed E-state index contributed by atoms with van der Waals surface area (Å²) < 4.78 is 5.09. The lowest BCUT2D eigenvalue weighted by Gasteiger charge is -2.21. The number of carbonyl (C=O) groups is 1. The third-order valence-corrected chi connectivity index (χ3v) is 2.40. The summed E-state index contributed by atoms with van der Waals surface area (Å²) in [6, 6.07) is 7.54. The molecular weight excluding hydrogens is 206 g/mol. The Labute approximate surface area is 95.2 Å². The first kappa shape index (κ1) is 12.5. The molecule has 0 unspecified atom stereocenters. The topological polar surface area (TPSA) is 58.6 Å². The molecule has 0 spiro atoms. The minimum atomic E-state index is -0.928. The molecule has 0 aliphatic rings. The van der Waals surface area contributed by atoms with Gasteiger partial charge in [-0.1, -0.05) is 12.1 Å². The normalized spacial score (nSPS) is 11.2. The molecule has 1 aromatic carbocycles. The molecule has 0 atom stereocenters. The molecule has 1 aromatic rings. The molecule has 0 heterocycles. The number of hydrogen-bond acceptors (Lipinski definition) is 3. The van der Waals surface area contributed by atoms with Gasteiger partial charge < -0.3 is 9.84 Å². The van der Waals surface area contributed by atoms with Crippen molar-refractivity contribution in [3.8, 4) is 5.75 Å². The Hall–Kier alpha value is -1.55. The Kier molecular flexibility index (Phi) is 3.90. The molecule has 0 aliphatic carbocycles. The Balaban J connectivity index is 2.64. The quantitative estimate of drug-likeness (QED) is 0.796. The van der Waals surface area contributed by atoms with E-state index in [0.29, 0.717) is 6.54 Å². The molecule has 0 saturated heterocycles. The summed E-state index contributed by atoms with van der Waals surface area (Å²) in [4.78, 5) is 10.9. The largest absolute Gasteiger partial charge is 0.497 e. The lowest BCUT2D eigenvalue weighted by atomic mass is 10.1. The SMILES string of the molecule is COc1cccc(CNC(C)(C)C(=O)O)c1. The van der Waals surface area contributed by atoms with Crippen LogP contribution in [-0.4, -0.2) is 23.7 Å². The number of benzene rings is 1. The number of carboxylic acid groups (broad SMARTS) is 1. The van der Waals surface area contributed by atoms with Crippen LogP contribution in [0.3, 0.4) is 0 Å². The monoisotopic (exact) mass is 223 g/mol. The van der Waals surface area contributed by atoms with E-state index in [1.54, 1.807) is 21.0 Å². The number of rotatable bonds is 5. The van der Waals surface area contributed by atoms with Crippen LogP contribution in [0.4, 0.5) is 0 Å². The molecule has 4 nitrogen and oxygen atoms in total. The smallest absolute Gasteiger partial charge is 0.323 e. The summed E-state index contributed by atoms with van der Waals surface area (Å²) in [5.74, 6) is -0.0946. The average molecular weight is 223 g/mol. The second kappa shape index (κ2) is 4.99. The average Bonchev–Trinajstić information content (AvgIpc) is 2.26. The first-order valence-corrected chi connectivity index (χ1v) is 5.07. The second-order valence-electron chi connectivity index (χ2n) is 4.14. The zero-order valence-electron chi connectivity index (χ0n) is 9.78. The lowest BCUT2D eigenvalue weighted by molar-refractivity contribution is -0.143. The second-order valence-corrected chi connectivity index (χ2v) is 4.14. The van der Waals surface area contributed by atoms with E-state index in [0.717, 1.165) is 11.3 Å². The molecule has 4 heteroatoms. The molecule has 0 fully saturated rings. The van der Waals surface area contributed by atoms with Crippen molar-refractivity contribution in [3.63, 3.8) is 0 Å². The number of hydrogen-bond donors (Lipinski definition) is 2. The molecule has 0 aromatic heterocycles. The molecule has 2 N–H and O–H groups in total. The summed E-state index contributed by atoms with van der Waals surface area (Å²) in [6.07, 6.45) is 0. The van der Waals surface area contributed by atoms with Crippen molar-refractivity contribution in [2.75, 3.05) is 7.11 Å². The molecule has 0 amide bonds. The Morgan fingerprint density at radius 2 is 2.19 bits per heavy atom. The third-order valence-electron chi connectivity index (χ3n) is 2.40. The van der Waals surface area contributed by atoms with Crippen LogP contribution in [0, 0.1) is 0 Å². The number of aliphatic carboxylic acids is 1. The van der Waals surface area contributed by atoms with Crippen LogP contribution in [0.2, 0.25) is 0 Å². The summed E-state index contributed by atoms with van der Waals surface area (Å²) in [5, 5.41) is 11.9. The van der Waals surface area contributed by atoms with Crippen LogP contribution in [-0.2, 0) is 11.3 Å². The maximum absolute atomic E-state index is 10.9. The number of methoxy groups -OCH3 is 1. The van der Waals surface area contributed by atoms with Gasteiger partial charge in [-0.3, -0.25) is 10.1 Å². The van der Waals surface area contributed by atoms with E-state index in [2.05, 4.69) is 5.32 Å². The van der Waals surface area contributed by atoms with Gasteiger partial charge in [0.05, 0.1) is 7.11 Å². The fraction of sp³-hybridized carbons (Fsp3) is 0.417. The minimum absolute atomic E-state index is 0.497. The van der Waals surface area contributed by atoms with Gasteiger partial charge in [-0.15, -0.1) is 0 Å². The number of carboxylic acids is 1. The van der Waals surface area contributed by atoms with Gasteiger partial charge in [0.15, 0.2) is 0 Å². The summed E-state index contributed by atoms with van der Waals surface area (Å²) >= 11 is 0. The Morgan fingerprint density at radius 1 is 1.50 bits per heavy atom. The van der Waals surface area contributed by atoms with Crippen LogP contribution in [0.5, 0.6) is 5.75 Å². The molecule has 0 bridgehead atoms. The van der Waals surface area contributed by atoms with Crippen molar-refractivity contribution < 1.29 is 14.6 Å². The van der Waals surface area contributed by atoms with E-state index in [-0.39, 0.29) is 0 Å². The highest BCUT2D eigenvalue weighted by molar-refractivity contribution is 5.77. The van der Waals surface area contributed by atoms with Crippen molar-refractivity contribution in [1.29, 1.82) is 0 Å². The number of nitrogens with one attached hydrogen (secondary N) is 1. The van der Waals surface area contributed by atoms with Crippen molar-refractivity contribution in [3.05, 3.63) is 29.8 Å². The van der Waals surface area contributed by atoms with E-state index in [4.69, 9.17) is 9.84 Å². The minimum Gasteiger partial charge on any atom is -0.497 e. The fourth-order valence-corrected chi connectivity index (χ4v) is 1.18. The lowest BCUT2D eigenvalue weighted by Crippen LogP contribution is -2.46. The van der Waals surface area contributed by atoms with Crippen molar-refractivity contribution in [2.24, 2.45) is 0 Å². The van der Waals surface area contributed by atoms with Crippen LogP contribution >= 0.6 is 0 Å². The zero-order chi connectivity index (χ0) is 12.2. The van der Waals surface area contributed by atoms with Gasteiger partial charge in [0.2, 0.25) is 0 Å². The predicted octanol–water partition coefficient (Wildman–Crippen LogP) is 1.65. The van der Waals surface area contributed by atoms with Crippen LogP contribution in [0.1, 0.15) is 19.4 Å². The first-order valence-electron chi connectivity index (χ1n) is 5.07. The highest BCUT2D eigenvalue weighted by atomic mass is 16.5. The van der Waals surface area contributed by atoms with Crippen molar-refractivity contribution in [1.82, 2.24) is 5.32 Å². The Morgan fingerprint density at radius 3 is 2.75 bits per heavy atom. The maximum atomic E-state index is 10.9. The maximum Gasteiger partial charge on any atom is 0.323 e. The first-order chi connectivity index (χ1) is 7.45. The van der Waals surface area contributed by atoms with Gasteiger partial charge in [-0.25, -0.2) is 0 Å². The standard InChI is InChI=1S/C12H17NO3/c1-12(2,11(14)15)13-8-9-5-4-6-10(7-9)16-3/h4-7,13H,8H2,1-3H3,(H,14,15). The van der Waals surface area contributed by atoms with Gasteiger partial charge in [0, 0.05) is 6.54 Å². The molecule has 0 radical (unpaired) electrons. The van der Waals surface area contributed by atoms with Gasteiger partial charge in [0.1, 0.15) is 11.3 Å². The van der Waals surface area contributed by atoms with Crippen LogP contribution < -0.4 is 10.1 Å². The zero-order valence-corrected chi connectivity index (χ0v) is 9.78. The molecule has 88 valence electrons. The van der Waals surface area contributed by atoms with E-state index in [1.807, 2.05) is 24.3 Å². The summed E-state index contributed by atoms with van der Waals surface area (Å²) in [6.45, 7) is 3.77. The molecule has 0 aliphatic heterocycles. The predicted molar refractivity (Wildman–Crippen MR) is 61.5 cm³/mol. The molecule has 1 rings (SSSR count). The van der Waals surface area contributed by atoms with Gasteiger partial charge >= 0.3 is 5.97 Å². The van der Waals surface area contributed by atoms with Gasteiger partial charge in [0.25, 0.3) is 0 Å². The van der Waals surface area contributed by atoms with Gasteiger partial charge in [-0.05, 0) is 31.5 Å². The van der Waals surface area contributed by atoms with E-state index in [9.17, 15) is 4.79 Å². The molecular formula is C12H17NO3. The van der Waals surface area contributed by atoms with E-state index < -0.39 is 11.5 Å². The highest BCUT2D eigenvalue weighted by Gasteiger charge is 2.25. The van der Waals surface area contributed by atoms with Gasteiger partial charge in [-0.2, -0.15) is 0 Å². The van der Waals surface area contributed by atoms with Crippen LogP contribution in [0.15, 0.2) is 24.3 Å². The highest BCUT2D eigenvalue weighted by Crippen LogP contribution is 2.13. The summed E-state index contributed by atoms with van der Waals surface area (Å²) in [7, 11) is 1.60. The molecule has 16 heavy (non-hydrogen) atoms. The van der Waals surface area contributed by atoms with Crippen molar-refractivity contribution in [2.45, 2.75) is 25.9 Å². The van der Waals surface area contributed by atoms with E-state index >= 15 is 0 Å². The third kappa shape index (κ3) is 3.24. The van der Waals surface area contributed by atoms with E-state index in [1.165, 1.54) is 0 Å².